The lowest BCUT2D eigenvalue weighted by atomic mass is 10.1. The molecule has 96 valence electrons. The first kappa shape index (κ1) is 12.8. The third kappa shape index (κ3) is 3.42. The lowest BCUT2D eigenvalue weighted by molar-refractivity contribution is 0.233. The number of rotatable bonds is 6. The Morgan fingerprint density at radius 1 is 1.33 bits per heavy atom. The largest absolute Gasteiger partial charge is 0.396 e. The molecule has 2 N–H and O–H groups in total. The van der Waals surface area contributed by atoms with Crippen LogP contribution in [0.4, 0.5) is 0 Å². The number of aromatic nitrogens is 2. The Hall–Kier alpha value is -1.65. The van der Waals surface area contributed by atoms with Gasteiger partial charge >= 0.3 is 0 Å². The predicted molar refractivity (Wildman–Crippen MR) is 71.5 cm³/mol. The standard InChI is InChI=1S/C14H19N3O/c1-12(10-18)8-16-9-13-2-4-14(5-3-13)17-7-6-15-11-17/h2-7,11-12,16,18H,8-10H2,1H3. The fraction of sp³-hybridized carbons (Fsp3) is 0.357. The van der Waals surface area contributed by atoms with E-state index in [-0.39, 0.29) is 6.61 Å². The van der Waals surface area contributed by atoms with Gasteiger partial charge in [-0.3, -0.25) is 0 Å². The average molecular weight is 245 g/mol. The Bertz CT molecular complexity index is 450. The van der Waals surface area contributed by atoms with Gasteiger partial charge in [0.05, 0.1) is 6.33 Å². The zero-order chi connectivity index (χ0) is 12.8. The molecule has 0 saturated heterocycles. The maximum atomic E-state index is 8.93. The van der Waals surface area contributed by atoms with E-state index in [2.05, 4.69) is 34.6 Å². The lowest BCUT2D eigenvalue weighted by Gasteiger charge is -2.10. The molecular weight excluding hydrogens is 226 g/mol. The second kappa shape index (κ2) is 6.33. The zero-order valence-corrected chi connectivity index (χ0v) is 10.6. The van der Waals surface area contributed by atoms with Crippen molar-refractivity contribution in [1.29, 1.82) is 0 Å². The minimum atomic E-state index is 0.229. The summed E-state index contributed by atoms with van der Waals surface area (Å²) in [5, 5.41) is 12.3. The van der Waals surface area contributed by atoms with Crippen molar-refractivity contribution in [2.24, 2.45) is 5.92 Å². The molecule has 0 saturated carbocycles. The van der Waals surface area contributed by atoms with E-state index in [0.717, 1.165) is 18.8 Å². The van der Waals surface area contributed by atoms with Crippen molar-refractivity contribution < 1.29 is 5.11 Å². The van der Waals surface area contributed by atoms with E-state index in [4.69, 9.17) is 5.11 Å². The van der Waals surface area contributed by atoms with Crippen molar-refractivity contribution in [3.8, 4) is 5.69 Å². The number of benzene rings is 1. The molecule has 1 heterocycles. The normalized spacial score (nSPS) is 12.6. The van der Waals surface area contributed by atoms with Crippen LogP contribution < -0.4 is 5.32 Å². The number of nitrogens with zero attached hydrogens (tertiary/aromatic N) is 2. The number of nitrogens with one attached hydrogen (secondary N) is 1. The molecule has 2 aromatic rings. The van der Waals surface area contributed by atoms with E-state index < -0.39 is 0 Å². The molecule has 0 aliphatic rings. The molecule has 0 radical (unpaired) electrons. The van der Waals surface area contributed by atoms with Gasteiger partial charge in [0.15, 0.2) is 0 Å². The Labute approximate surface area is 107 Å². The van der Waals surface area contributed by atoms with Gasteiger partial charge in [-0.25, -0.2) is 4.98 Å². The first-order chi connectivity index (χ1) is 8.79. The summed E-state index contributed by atoms with van der Waals surface area (Å²) >= 11 is 0. The maximum Gasteiger partial charge on any atom is 0.0991 e. The third-order valence-corrected chi connectivity index (χ3v) is 2.87. The second-order valence-corrected chi connectivity index (χ2v) is 4.56. The zero-order valence-electron chi connectivity index (χ0n) is 10.6. The number of imidazole rings is 1. The Morgan fingerprint density at radius 3 is 2.72 bits per heavy atom. The van der Waals surface area contributed by atoms with Crippen LogP contribution in [0.2, 0.25) is 0 Å². The predicted octanol–water partition coefficient (Wildman–Crippen LogP) is 1.59. The summed E-state index contributed by atoms with van der Waals surface area (Å²) in [6.45, 7) is 3.91. The van der Waals surface area contributed by atoms with E-state index in [9.17, 15) is 0 Å². The fourth-order valence-corrected chi connectivity index (χ4v) is 1.73. The Balaban J connectivity index is 1.88. The summed E-state index contributed by atoms with van der Waals surface area (Å²) in [6.07, 6.45) is 5.48. The smallest absolute Gasteiger partial charge is 0.0991 e. The highest BCUT2D eigenvalue weighted by molar-refractivity contribution is 5.34. The summed E-state index contributed by atoms with van der Waals surface area (Å²) in [4.78, 5) is 4.03. The van der Waals surface area contributed by atoms with Crippen LogP contribution in [0.5, 0.6) is 0 Å². The van der Waals surface area contributed by atoms with Crippen molar-refractivity contribution in [3.05, 3.63) is 48.5 Å². The summed E-state index contributed by atoms with van der Waals surface area (Å²) < 4.78 is 1.98. The van der Waals surface area contributed by atoms with Gasteiger partial charge in [0.2, 0.25) is 0 Å². The van der Waals surface area contributed by atoms with Crippen LogP contribution >= 0.6 is 0 Å². The molecule has 4 heteroatoms. The van der Waals surface area contributed by atoms with Crippen LogP contribution in [-0.4, -0.2) is 27.8 Å². The summed E-state index contributed by atoms with van der Waals surface area (Å²) in [5.41, 5.74) is 2.35. The van der Waals surface area contributed by atoms with Crippen LogP contribution in [-0.2, 0) is 6.54 Å². The highest BCUT2D eigenvalue weighted by atomic mass is 16.3. The minimum Gasteiger partial charge on any atom is -0.396 e. The van der Waals surface area contributed by atoms with E-state index in [1.54, 1.807) is 12.5 Å². The monoisotopic (exact) mass is 245 g/mol. The van der Waals surface area contributed by atoms with E-state index in [1.165, 1.54) is 5.56 Å². The van der Waals surface area contributed by atoms with Crippen LogP contribution in [0.15, 0.2) is 43.0 Å². The molecule has 1 atom stereocenters. The first-order valence-electron chi connectivity index (χ1n) is 6.18. The van der Waals surface area contributed by atoms with Gasteiger partial charge in [-0.2, -0.15) is 0 Å². The molecule has 2 rings (SSSR count). The lowest BCUT2D eigenvalue weighted by Crippen LogP contribution is -2.22. The van der Waals surface area contributed by atoms with E-state index in [1.807, 2.05) is 17.7 Å². The molecule has 0 spiro atoms. The maximum absolute atomic E-state index is 8.93. The number of hydrogen-bond donors (Lipinski definition) is 2. The van der Waals surface area contributed by atoms with Crippen LogP contribution in [0.25, 0.3) is 5.69 Å². The molecule has 1 aromatic carbocycles. The van der Waals surface area contributed by atoms with Crippen molar-refractivity contribution >= 4 is 0 Å². The molecule has 0 aliphatic heterocycles. The molecule has 0 fully saturated rings. The van der Waals surface area contributed by atoms with E-state index >= 15 is 0 Å². The molecule has 18 heavy (non-hydrogen) atoms. The first-order valence-corrected chi connectivity index (χ1v) is 6.18. The average Bonchev–Trinajstić information content (AvgIpc) is 2.93. The van der Waals surface area contributed by atoms with Gasteiger partial charge in [0.25, 0.3) is 0 Å². The van der Waals surface area contributed by atoms with Gasteiger partial charge in [0, 0.05) is 37.8 Å². The van der Waals surface area contributed by atoms with Crippen molar-refractivity contribution in [3.63, 3.8) is 0 Å². The van der Waals surface area contributed by atoms with Crippen molar-refractivity contribution in [2.45, 2.75) is 13.5 Å². The summed E-state index contributed by atoms with van der Waals surface area (Å²) in [6, 6.07) is 8.36. The third-order valence-electron chi connectivity index (χ3n) is 2.87. The van der Waals surface area contributed by atoms with Gasteiger partial charge in [-0.1, -0.05) is 19.1 Å². The quantitative estimate of drug-likeness (QED) is 0.812. The molecule has 1 aromatic heterocycles. The molecule has 0 aliphatic carbocycles. The number of aliphatic hydroxyl groups excluding tert-OH is 1. The minimum absolute atomic E-state index is 0.229. The molecular formula is C14H19N3O. The van der Waals surface area contributed by atoms with Crippen LogP contribution in [0, 0.1) is 5.92 Å². The fourth-order valence-electron chi connectivity index (χ4n) is 1.73. The number of aliphatic hydroxyl groups is 1. The van der Waals surface area contributed by atoms with Gasteiger partial charge in [0.1, 0.15) is 0 Å². The molecule has 1 unspecified atom stereocenters. The van der Waals surface area contributed by atoms with Crippen molar-refractivity contribution in [2.75, 3.05) is 13.2 Å². The topological polar surface area (TPSA) is 50.1 Å². The Kier molecular flexibility index (Phi) is 4.50. The molecule has 4 nitrogen and oxygen atoms in total. The molecule has 0 bridgehead atoms. The van der Waals surface area contributed by atoms with Gasteiger partial charge in [-0.05, 0) is 23.6 Å². The summed E-state index contributed by atoms with van der Waals surface area (Å²) in [5.74, 6) is 0.301. The van der Waals surface area contributed by atoms with E-state index in [0.29, 0.717) is 5.92 Å². The SMILES string of the molecule is CC(CO)CNCc1ccc(-n2ccnc2)cc1. The van der Waals surface area contributed by atoms with Crippen molar-refractivity contribution in [1.82, 2.24) is 14.9 Å². The highest BCUT2D eigenvalue weighted by Crippen LogP contribution is 2.09. The van der Waals surface area contributed by atoms with Crippen LogP contribution in [0.3, 0.4) is 0 Å². The molecule has 0 amide bonds. The van der Waals surface area contributed by atoms with Gasteiger partial charge in [-0.15, -0.1) is 0 Å². The summed E-state index contributed by atoms with van der Waals surface area (Å²) in [7, 11) is 0. The highest BCUT2D eigenvalue weighted by Gasteiger charge is 2.00. The second-order valence-electron chi connectivity index (χ2n) is 4.56. The van der Waals surface area contributed by atoms with Crippen LogP contribution in [0.1, 0.15) is 12.5 Å². The van der Waals surface area contributed by atoms with Gasteiger partial charge < -0.3 is 15.0 Å². The Morgan fingerprint density at radius 2 is 2.11 bits per heavy atom. The number of hydrogen-bond acceptors (Lipinski definition) is 3.